The predicted molar refractivity (Wildman–Crippen MR) is 128 cm³/mol. The van der Waals surface area contributed by atoms with E-state index in [2.05, 4.69) is 25.7 Å². The molecule has 1 atom stereocenters. The van der Waals surface area contributed by atoms with Crippen molar-refractivity contribution in [3.8, 4) is 17.3 Å². The molecule has 2 aromatic carbocycles. The predicted octanol–water partition coefficient (Wildman–Crippen LogP) is 4.89. The summed E-state index contributed by atoms with van der Waals surface area (Å²) in [5.41, 5.74) is 4.03. The van der Waals surface area contributed by atoms with E-state index >= 15 is 0 Å². The maximum Gasteiger partial charge on any atom is 0.227 e. The maximum atomic E-state index is 10.4. The average Bonchev–Trinajstić information content (AvgIpc) is 3.09. The van der Waals surface area contributed by atoms with Crippen molar-refractivity contribution in [1.29, 1.82) is 0 Å². The molecule has 0 saturated heterocycles. The first-order chi connectivity index (χ1) is 15.4. The highest BCUT2D eigenvalue weighted by Crippen LogP contribution is 2.32. The van der Waals surface area contributed by atoms with Crippen LogP contribution in [0, 0.1) is 13.8 Å². The van der Waals surface area contributed by atoms with Crippen molar-refractivity contribution >= 4 is 0 Å². The molecule has 0 spiro atoms. The fourth-order valence-corrected chi connectivity index (χ4v) is 3.53. The lowest BCUT2D eigenvalue weighted by atomic mass is 10.2. The van der Waals surface area contributed by atoms with E-state index in [0.29, 0.717) is 32.2 Å². The molecule has 0 radical (unpaired) electrons. The van der Waals surface area contributed by atoms with Crippen LogP contribution in [-0.4, -0.2) is 51.7 Å². The van der Waals surface area contributed by atoms with Crippen LogP contribution in [0.15, 0.2) is 54.6 Å². The Kier molecular flexibility index (Phi) is 8.45. The van der Waals surface area contributed by atoms with Crippen LogP contribution in [0.2, 0.25) is 0 Å². The van der Waals surface area contributed by atoms with Gasteiger partial charge in [0, 0.05) is 25.7 Å². The number of aromatic nitrogens is 2. The third kappa shape index (κ3) is 6.19. The van der Waals surface area contributed by atoms with Gasteiger partial charge in [0.15, 0.2) is 0 Å². The van der Waals surface area contributed by atoms with Gasteiger partial charge in [-0.3, -0.25) is 4.90 Å². The molecule has 1 aromatic heterocycles. The van der Waals surface area contributed by atoms with Crippen molar-refractivity contribution in [2.24, 2.45) is 0 Å². The fraction of sp³-hybridized carbons (Fsp3) is 0.423. The molecule has 1 N–H and O–H groups in total. The van der Waals surface area contributed by atoms with Crippen molar-refractivity contribution in [2.45, 2.75) is 53.3 Å². The first-order valence-corrected chi connectivity index (χ1v) is 11.3. The Morgan fingerprint density at radius 1 is 1.03 bits per heavy atom. The number of aliphatic hydroxyl groups is 1. The summed E-state index contributed by atoms with van der Waals surface area (Å²) >= 11 is 0. The molecule has 6 nitrogen and oxygen atoms in total. The zero-order valence-corrected chi connectivity index (χ0v) is 19.8. The minimum absolute atomic E-state index is 0.234. The van der Waals surface area contributed by atoms with Crippen LogP contribution in [0.5, 0.6) is 11.6 Å². The van der Waals surface area contributed by atoms with Crippen molar-refractivity contribution < 1.29 is 14.6 Å². The summed E-state index contributed by atoms with van der Waals surface area (Å²) in [6.45, 7) is 12.3. The van der Waals surface area contributed by atoms with Crippen molar-refractivity contribution in [3.63, 3.8) is 0 Å². The largest absolute Gasteiger partial charge is 0.439 e. The van der Waals surface area contributed by atoms with Crippen molar-refractivity contribution in [3.05, 3.63) is 71.4 Å². The second-order valence-electron chi connectivity index (χ2n) is 8.37. The number of nitrogens with zero attached hydrogens (tertiary/aromatic N) is 3. The molecular weight excluding hydrogens is 402 g/mol. The second kappa shape index (κ2) is 11.3. The molecule has 0 unspecified atom stereocenters. The summed E-state index contributed by atoms with van der Waals surface area (Å²) in [6, 6.07) is 18.3. The van der Waals surface area contributed by atoms with Gasteiger partial charge in [-0.15, -0.1) is 0 Å². The van der Waals surface area contributed by atoms with Crippen LogP contribution in [0.1, 0.15) is 37.6 Å². The smallest absolute Gasteiger partial charge is 0.227 e. The van der Waals surface area contributed by atoms with Gasteiger partial charge in [-0.2, -0.15) is 5.10 Å². The number of rotatable bonds is 11. The zero-order valence-electron chi connectivity index (χ0n) is 19.8. The molecule has 0 aliphatic rings. The van der Waals surface area contributed by atoms with Gasteiger partial charge in [0.1, 0.15) is 5.75 Å². The quantitative estimate of drug-likeness (QED) is 0.463. The molecule has 0 saturated carbocycles. The number of benzene rings is 2. The fourth-order valence-electron chi connectivity index (χ4n) is 3.53. The molecule has 6 heteroatoms. The highest BCUT2D eigenvalue weighted by molar-refractivity contribution is 5.43. The normalized spacial score (nSPS) is 12.5. The Labute approximate surface area is 191 Å². The van der Waals surface area contributed by atoms with Crippen molar-refractivity contribution in [2.75, 3.05) is 19.8 Å². The lowest BCUT2D eigenvalue weighted by Gasteiger charge is -2.29. The molecule has 0 amide bonds. The molecule has 32 heavy (non-hydrogen) atoms. The average molecular weight is 438 g/mol. The summed E-state index contributed by atoms with van der Waals surface area (Å²) in [5.74, 6) is 1.46. The standard InChI is InChI=1S/C26H35N3O3/c1-6-31-18-23(30)16-28(19(2)3)17-25-21(5)27-29(22-10-8-7-9-11-22)26(25)32-24-14-12-20(4)13-15-24/h7-15,19,23,30H,6,16-18H2,1-5H3/t23-/m1/s1. The Bertz CT molecular complexity index is 968. The highest BCUT2D eigenvalue weighted by atomic mass is 16.5. The zero-order chi connectivity index (χ0) is 23.1. The Balaban J connectivity index is 1.96. The van der Waals surface area contributed by atoms with Gasteiger partial charge < -0.3 is 14.6 Å². The number of hydrogen-bond donors (Lipinski definition) is 1. The van der Waals surface area contributed by atoms with Gasteiger partial charge in [0.25, 0.3) is 0 Å². The topological polar surface area (TPSA) is 59.8 Å². The number of para-hydroxylation sites is 1. The summed E-state index contributed by atoms with van der Waals surface area (Å²) < 4.78 is 13.7. The summed E-state index contributed by atoms with van der Waals surface area (Å²) in [4.78, 5) is 2.23. The van der Waals surface area contributed by atoms with Crippen molar-refractivity contribution in [1.82, 2.24) is 14.7 Å². The van der Waals surface area contributed by atoms with E-state index in [0.717, 1.165) is 22.7 Å². The van der Waals surface area contributed by atoms with Crippen LogP contribution < -0.4 is 4.74 Å². The number of aliphatic hydroxyl groups excluding tert-OH is 1. The number of hydrogen-bond acceptors (Lipinski definition) is 5. The van der Waals surface area contributed by atoms with Gasteiger partial charge in [0.2, 0.25) is 5.88 Å². The molecule has 3 aromatic rings. The maximum absolute atomic E-state index is 10.4. The van der Waals surface area contributed by atoms with Gasteiger partial charge in [-0.25, -0.2) is 4.68 Å². The van der Waals surface area contributed by atoms with E-state index in [-0.39, 0.29) is 6.04 Å². The molecule has 0 fully saturated rings. The third-order valence-corrected chi connectivity index (χ3v) is 5.42. The van der Waals surface area contributed by atoms with E-state index in [4.69, 9.17) is 14.6 Å². The summed E-state index contributed by atoms with van der Waals surface area (Å²) in [6.07, 6.45) is -0.553. The molecule has 0 aliphatic heterocycles. The van der Waals surface area contributed by atoms with Gasteiger partial charge in [0.05, 0.1) is 29.7 Å². The molecule has 172 valence electrons. The van der Waals surface area contributed by atoms with Crippen LogP contribution >= 0.6 is 0 Å². The van der Waals surface area contributed by atoms with Gasteiger partial charge in [-0.1, -0.05) is 35.9 Å². The minimum Gasteiger partial charge on any atom is -0.439 e. The molecular formula is C26H35N3O3. The monoisotopic (exact) mass is 437 g/mol. The van der Waals surface area contributed by atoms with Crippen LogP contribution in [0.4, 0.5) is 0 Å². The van der Waals surface area contributed by atoms with Crippen LogP contribution in [0.3, 0.4) is 0 Å². The minimum atomic E-state index is -0.553. The second-order valence-corrected chi connectivity index (χ2v) is 8.37. The Hall–Kier alpha value is -2.67. The molecule has 3 rings (SSSR count). The van der Waals surface area contributed by atoms with Gasteiger partial charge in [-0.05, 0) is 58.9 Å². The summed E-state index contributed by atoms with van der Waals surface area (Å²) in [5, 5.41) is 15.3. The summed E-state index contributed by atoms with van der Waals surface area (Å²) in [7, 11) is 0. The van der Waals surface area contributed by atoms with E-state index < -0.39 is 6.10 Å². The Morgan fingerprint density at radius 3 is 2.34 bits per heavy atom. The number of ether oxygens (including phenoxy) is 2. The third-order valence-electron chi connectivity index (χ3n) is 5.42. The van der Waals surface area contributed by atoms with E-state index in [9.17, 15) is 5.11 Å². The van der Waals surface area contributed by atoms with Crippen LogP contribution in [-0.2, 0) is 11.3 Å². The molecule has 0 aliphatic carbocycles. The van der Waals surface area contributed by atoms with Gasteiger partial charge >= 0.3 is 0 Å². The number of aryl methyl sites for hydroxylation is 2. The first-order valence-electron chi connectivity index (χ1n) is 11.3. The lowest BCUT2D eigenvalue weighted by Crippen LogP contribution is -2.39. The highest BCUT2D eigenvalue weighted by Gasteiger charge is 2.24. The van der Waals surface area contributed by atoms with E-state index in [1.165, 1.54) is 5.56 Å². The first kappa shape index (κ1) is 24.0. The molecule has 1 heterocycles. The van der Waals surface area contributed by atoms with E-state index in [1.807, 2.05) is 73.1 Å². The van der Waals surface area contributed by atoms with E-state index in [1.54, 1.807) is 0 Å². The van der Waals surface area contributed by atoms with Crippen LogP contribution in [0.25, 0.3) is 5.69 Å². The Morgan fingerprint density at radius 2 is 1.72 bits per heavy atom. The lowest BCUT2D eigenvalue weighted by molar-refractivity contribution is 0.0131. The SMILES string of the molecule is CCOC[C@H](O)CN(Cc1c(C)nn(-c2ccccc2)c1Oc1ccc(C)cc1)C(C)C. The molecule has 0 bridgehead atoms.